The molecular weight excluding hydrogens is 465 g/mol. The van der Waals surface area contributed by atoms with Crippen molar-refractivity contribution in [2.75, 3.05) is 10.2 Å². The lowest BCUT2D eigenvalue weighted by Crippen LogP contribution is -2.46. The van der Waals surface area contributed by atoms with Crippen LogP contribution in [0.2, 0.25) is 0 Å². The number of hydrogen-bond acceptors (Lipinski definition) is 4. The molecule has 1 heterocycles. The normalized spacial score (nSPS) is 14.3. The SMILES string of the molecule is CC(=O)Nc1ccc(N(C(=O)Cc2cccs2)[C@H](C(=O)NC2CCCC2)c2ccc(F)cc2)cc1. The summed E-state index contributed by atoms with van der Waals surface area (Å²) in [7, 11) is 0. The maximum Gasteiger partial charge on any atom is 0.248 e. The number of nitrogens with one attached hydrogen (secondary N) is 2. The van der Waals surface area contributed by atoms with Crippen molar-refractivity contribution in [3.8, 4) is 0 Å². The van der Waals surface area contributed by atoms with E-state index in [0.717, 1.165) is 30.6 Å². The fourth-order valence-corrected chi connectivity index (χ4v) is 5.10. The highest BCUT2D eigenvalue weighted by atomic mass is 32.1. The fraction of sp³-hybridized carbons (Fsp3) is 0.296. The lowest BCUT2D eigenvalue weighted by atomic mass is 10.0. The zero-order valence-corrected chi connectivity index (χ0v) is 20.3. The summed E-state index contributed by atoms with van der Waals surface area (Å²) >= 11 is 1.47. The van der Waals surface area contributed by atoms with E-state index in [-0.39, 0.29) is 30.2 Å². The molecule has 0 spiro atoms. The van der Waals surface area contributed by atoms with Gasteiger partial charge in [-0.1, -0.05) is 31.0 Å². The van der Waals surface area contributed by atoms with Gasteiger partial charge >= 0.3 is 0 Å². The first-order chi connectivity index (χ1) is 16.9. The number of nitrogens with zero attached hydrogens (tertiary/aromatic N) is 1. The summed E-state index contributed by atoms with van der Waals surface area (Å²) in [5.41, 5.74) is 1.62. The number of anilines is 2. The minimum Gasteiger partial charge on any atom is -0.351 e. The van der Waals surface area contributed by atoms with E-state index in [1.54, 1.807) is 36.4 Å². The van der Waals surface area contributed by atoms with Crippen LogP contribution in [0.3, 0.4) is 0 Å². The summed E-state index contributed by atoms with van der Waals surface area (Å²) in [4.78, 5) is 41.2. The summed E-state index contributed by atoms with van der Waals surface area (Å²) in [6, 6.07) is 15.3. The van der Waals surface area contributed by atoms with Gasteiger partial charge in [-0.2, -0.15) is 0 Å². The second-order valence-corrected chi connectivity index (χ2v) is 9.72. The van der Waals surface area contributed by atoms with Crippen LogP contribution in [0, 0.1) is 5.82 Å². The first kappa shape index (κ1) is 24.6. The van der Waals surface area contributed by atoms with Gasteiger partial charge in [0.15, 0.2) is 0 Å². The summed E-state index contributed by atoms with van der Waals surface area (Å²) < 4.78 is 13.7. The molecule has 2 aromatic carbocycles. The Labute approximate surface area is 208 Å². The lowest BCUT2D eigenvalue weighted by molar-refractivity contribution is -0.127. The van der Waals surface area contributed by atoms with Crippen molar-refractivity contribution in [1.82, 2.24) is 5.32 Å². The molecule has 1 aliphatic carbocycles. The van der Waals surface area contributed by atoms with Gasteiger partial charge in [-0.3, -0.25) is 19.3 Å². The van der Waals surface area contributed by atoms with E-state index >= 15 is 0 Å². The minimum atomic E-state index is -0.977. The van der Waals surface area contributed by atoms with Crippen LogP contribution in [0.25, 0.3) is 0 Å². The second-order valence-electron chi connectivity index (χ2n) is 8.69. The number of thiophene rings is 1. The van der Waals surface area contributed by atoms with Crippen molar-refractivity contribution in [3.63, 3.8) is 0 Å². The average Bonchev–Trinajstić information content (AvgIpc) is 3.53. The Kier molecular flexibility index (Phi) is 7.92. The first-order valence-electron chi connectivity index (χ1n) is 11.7. The van der Waals surface area contributed by atoms with E-state index in [1.165, 1.54) is 35.3 Å². The smallest absolute Gasteiger partial charge is 0.248 e. The third kappa shape index (κ3) is 6.33. The highest BCUT2D eigenvalue weighted by Gasteiger charge is 2.34. The molecule has 2 N–H and O–H groups in total. The van der Waals surface area contributed by atoms with Crippen LogP contribution in [-0.2, 0) is 20.8 Å². The van der Waals surface area contributed by atoms with E-state index in [4.69, 9.17) is 0 Å². The Morgan fingerprint density at radius 3 is 2.31 bits per heavy atom. The van der Waals surface area contributed by atoms with Crippen molar-refractivity contribution in [2.24, 2.45) is 0 Å². The minimum absolute atomic E-state index is 0.0573. The van der Waals surface area contributed by atoms with E-state index in [2.05, 4.69) is 10.6 Å². The van der Waals surface area contributed by atoms with Gasteiger partial charge in [0.2, 0.25) is 17.7 Å². The molecule has 1 aromatic heterocycles. The molecule has 1 atom stereocenters. The highest BCUT2D eigenvalue weighted by molar-refractivity contribution is 7.10. The van der Waals surface area contributed by atoms with Gasteiger partial charge in [0.1, 0.15) is 11.9 Å². The monoisotopic (exact) mass is 493 g/mol. The molecule has 6 nitrogen and oxygen atoms in total. The summed E-state index contributed by atoms with van der Waals surface area (Å²) in [5.74, 6) is -1.17. The molecule has 4 rings (SSSR count). The Bertz CT molecular complexity index is 1160. The van der Waals surface area contributed by atoms with E-state index < -0.39 is 11.9 Å². The number of hydrogen-bond donors (Lipinski definition) is 2. The van der Waals surface area contributed by atoms with Gasteiger partial charge in [-0.05, 0) is 66.2 Å². The Balaban J connectivity index is 1.74. The molecule has 0 bridgehead atoms. The number of halogens is 1. The molecular formula is C27H28FN3O3S. The molecule has 1 aliphatic rings. The molecule has 182 valence electrons. The molecule has 0 radical (unpaired) electrons. The summed E-state index contributed by atoms with van der Waals surface area (Å²) in [5, 5.41) is 7.73. The first-order valence-corrected chi connectivity index (χ1v) is 12.6. The summed E-state index contributed by atoms with van der Waals surface area (Å²) in [6.07, 6.45) is 4.03. The van der Waals surface area contributed by atoms with Crippen molar-refractivity contribution in [3.05, 3.63) is 82.3 Å². The molecule has 0 aliphatic heterocycles. The predicted octanol–water partition coefficient (Wildman–Crippen LogP) is 5.22. The van der Waals surface area contributed by atoms with Gasteiger partial charge in [-0.15, -0.1) is 11.3 Å². The topological polar surface area (TPSA) is 78.5 Å². The molecule has 1 fully saturated rings. The molecule has 8 heteroatoms. The van der Waals surface area contributed by atoms with Crippen LogP contribution in [-0.4, -0.2) is 23.8 Å². The Hall–Kier alpha value is -3.52. The Morgan fingerprint density at radius 2 is 1.71 bits per heavy atom. The van der Waals surface area contributed by atoms with Crippen molar-refractivity contribution < 1.29 is 18.8 Å². The van der Waals surface area contributed by atoms with Crippen LogP contribution in [0.1, 0.15) is 49.1 Å². The maximum absolute atomic E-state index is 13.7. The van der Waals surface area contributed by atoms with E-state index in [1.807, 2.05) is 17.5 Å². The van der Waals surface area contributed by atoms with Gasteiger partial charge in [0.25, 0.3) is 0 Å². The van der Waals surface area contributed by atoms with Crippen LogP contribution >= 0.6 is 11.3 Å². The molecule has 0 saturated heterocycles. The van der Waals surface area contributed by atoms with Crippen LogP contribution in [0.15, 0.2) is 66.0 Å². The molecule has 3 aromatic rings. The lowest BCUT2D eigenvalue weighted by Gasteiger charge is -2.32. The zero-order valence-electron chi connectivity index (χ0n) is 19.5. The van der Waals surface area contributed by atoms with Crippen molar-refractivity contribution >= 4 is 40.4 Å². The number of carbonyl (C=O) groups is 3. The molecule has 3 amide bonds. The molecule has 35 heavy (non-hydrogen) atoms. The van der Waals surface area contributed by atoms with Crippen molar-refractivity contribution in [1.29, 1.82) is 0 Å². The van der Waals surface area contributed by atoms with Gasteiger partial charge in [-0.25, -0.2) is 4.39 Å². The van der Waals surface area contributed by atoms with Gasteiger partial charge in [0.05, 0.1) is 6.42 Å². The zero-order chi connectivity index (χ0) is 24.8. The number of carbonyl (C=O) groups excluding carboxylic acids is 3. The number of rotatable bonds is 8. The van der Waals surface area contributed by atoms with Crippen LogP contribution in [0.4, 0.5) is 15.8 Å². The predicted molar refractivity (Wildman–Crippen MR) is 136 cm³/mol. The van der Waals surface area contributed by atoms with Crippen molar-refractivity contribution in [2.45, 2.75) is 51.1 Å². The van der Waals surface area contributed by atoms with E-state index in [9.17, 15) is 18.8 Å². The largest absolute Gasteiger partial charge is 0.351 e. The molecule has 0 unspecified atom stereocenters. The molecule has 1 saturated carbocycles. The van der Waals surface area contributed by atoms with Gasteiger partial charge < -0.3 is 10.6 Å². The third-order valence-corrected chi connectivity index (χ3v) is 6.91. The standard InChI is InChI=1S/C27H28FN3O3S/c1-18(32)29-22-12-14-23(15-13-22)31(25(33)17-24-7-4-16-35-24)26(19-8-10-20(28)11-9-19)27(34)30-21-5-2-3-6-21/h4,7-16,21,26H,2-3,5-6,17H2,1H3,(H,29,32)(H,30,34)/t26-/m0/s1. The number of amides is 3. The number of benzene rings is 2. The van der Waals surface area contributed by atoms with E-state index in [0.29, 0.717) is 16.9 Å². The quantitative estimate of drug-likeness (QED) is 0.452. The van der Waals surface area contributed by atoms with Crippen LogP contribution in [0.5, 0.6) is 0 Å². The second kappa shape index (κ2) is 11.3. The fourth-order valence-electron chi connectivity index (χ4n) is 4.41. The maximum atomic E-state index is 13.7. The average molecular weight is 494 g/mol. The highest BCUT2D eigenvalue weighted by Crippen LogP contribution is 2.31. The third-order valence-electron chi connectivity index (χ3n) is 6.03. The Morgan fingerprint density at radius 1 is 1.03 bits per heavy atom. The van der Waals surface area contributed by atoms with Crippen LogP contribution < -0.4 is 15.5 Å². The van der Waals surface area contributed by atoms with Gasteiger partial charge in [0, 0.05) is 29.2 Å². The summed E-state index contributed by atoms with van der Waals surface area (Å²) in [6.45, 7) is 1.42.